The van der Waals surface area contributed by atoms with E-state index in [1.54, 1.807) is 31.2 Å². The molecule has 0 spiro atoms. The van der Waals surface area contributed by atoms with Crippen molar-refractivity contribution in [2.24, 2.45) is 0 Å². The zero-order chi connectivity index (χ0) is 17.3. The Labute approximate surface area is 138 Å². The van der Waals surface area contributed by atoms with E-state index >= 15 is 0 Å². The number of amides is 2. The molecule has 0 unspecified atom stereocenters. The summed E-state index contributed by atoms with van der Waals surface area (Å²) in [5, 5.41) is 5.49. The average molecular weight is 327 g/mol. The van der Waals surface area contributed by atoms with E-state index in [1.165, 1.54) is 7.11 Å². The molecular weight excluding hydrogens is 310 g/mol. The fourth-order valence-corrected chi connectivity index (χ4v) is 2.67. The van der Waals surface area contributed by atoms with E-state index in [9.17, 15) is 14.4 Å². The lowest BCUT2D eigenvalue weighted by molar-refractivity contribution is -0.116. The zero-order valence-electron chi connectivity index (χ0n) is 13.4. The first-order chi connectivity index (χ1) is 11.5. The summed E-state index contributed by atoms with van der Waals surface area (Å²) in [5.74, 6) is -0.907. The van der Waals surface area contributed by atoms with Crippen molar-refractivity contribution in [1.82, 2.24) is 4.98 Å². The number of anilines is 2. The van der Waals surface area contributed by atoms with Gasteiger partial charge in [0, 0.05) is 23.4 Å². The van der Waals surface area contributed by atoms with Crippen LogP contribution in [-0.4, -0.2) is 29.9 Å². The maximum atomic E-state index is 12.5. The molecule has 2 heterocycles. The predicted molar refractivity (Wildman–Crippen MR) is 88.2 cm³/mol. The number of nitrogens with one attached hydrogen (secondary N) is 3. The van der Waals surface area contributed by atoms with Crippen LogP contribution in [0.1, 0.15) is 38.5 Å². The highest BCUT2D eigenvalue weighted by atomic mass is 16.5. The Morgan fingerprint density at radius 3 is 2.75 bits per heavy atom. The number of hydrogen-bond acceptors (Lipinski definition) is 4. The maximum Gasteiger partial charge on any atom is 0.356 e. The summed E-state index contributed by atoms with van der Waals surface area (Å²) in [6, 6.07) is 6.77. The van der Waals surface area contributed by atoms with Crippen molar-refractivity contribution in [2.45, 2.75) is 19.8 Å². The van der Waals surface area contributed by atoms with Gasteiger partial charge in [0.2, 0.25) is 5.91 Å². The molecule has 124 valence electrons. The number of ether oxygens (including phenoxy) is 1. The van der Waals surface area contributed by atoms with Gasteiger partial charge in [0.1, 0.15) is 5.69 Å². The van der Waals surface area contributed by atoms with Crippen molar-refractivity contribution in [3.05, 3.63) is 46.8 Å². The van der Waals surface area contributed by atoms with Crippen molar-refractivity contribution >= 4 is 29.2 Å². The third-order valence-corrected chi connectivity index (χ3v) is 3.85. The Kier molecular flexibility index (Phi) is 4.07. The van der Waals surface area contributed by atoms with Crippen LogP contribution in [0.5, 0.6) is 0 Å². The van der Waals surface area contributed by atoms with Crippen LogP contribution in [0.3, 0.4) is 0 Å². The number of aromatic nitrogens is 1. The van der Waals surface area contributed by atoms with Gasteiger partial charge in [-0.2, -0.15) is 0 Å². The summed E-state index contributed by atoms with van der Waals surface area (Å²) in [4.78, 5) is 38.5. The van der Waals surface area contributed by atoms with Gasteiger partial charge in [0.25, 0.3) is 5.91 Å². The molecule has 7 nitrogen and oxygen atoms in total. The first-order valence-corrected chi connectivity index (χ1v) is 7.50. The number of aryl methyl sites for hydroxylation is 2. The minimum atomic E-state index is -0.549. The summed E-state index contributed by atoms with van der Waals surface area (Å²) >= 11 is 0. The number of esters is 1. The number of aromatic amines is 1. The Hall–Kier alpha value is -3.09. The highest BCUT2D eigenvalue weighted by Gasteiger charge is 2.20. The number of hydrogen-bond donors (Lipinski definition) is 3. The SMILES string of the molecule is COC(=O)c1[nH]c(C)cc1NC(=O)c1ccc2c(c1)CCC(=O)N2. The Morgan fingerprint density at radius 2 is 2.00 bits per heavy atom. The van der Waals surface area contributed by atoms with E-state index < -0.39 is 5.97 Å². The standard InChI is InChI=1S/C17H17N3O4/c1-9-7-13(15(18-9)17(23)24-2)20-16(22)11-3-5-12-10(8-11)4-6-14(21)19-12/h3,5,7-8,18H,4,6H2,1-2H3,(H,19,21)(H,20,22). The second kappa shape index (κ2) is 6.19. The molecular formula is C17H17N3O4. The highest BCUT2D eigenvalue weighted by molar-refractivity contribution is 6.08. The topological polar surface area (TPSA) is 100 Å². The van der Waals surface area contributed by atoms with Crippen LogP contribution < -0.4 is 10.6 Å². The van der Waals surface area contributed by atoms with Crippen LogP contribution in [0.15, 0.2) is 24.3 Å². The molecule has 0 aliphatic carbocycles. The fraction of sp³-hybridized carbons (Fsp3) is 0.235. The summed E-state index contributed by atoms with van der Waals surface area (Å²) in [6.45, 7) is 1.78. The summed E-state index contributed by atoms with van der Waals surface area (Å²) in [6.07, 6.45) is 1.00. The van der Waals surface area contributed by atoms with Gasteiger partial charge in [-0.3, -0.25) is 9.59 Å². The van der Waals surface area contributed by atoms with Gasteiger partial charge in [-0.25, -0.2) is 4.79 Å². The lowest BCUT2D eigenvalue weighted by atomic mass is 10.00. The van der Waals surface area contributed by atoms with Crippen molar-refractivity contribution in [1.29, 1.82) is 0 Å². The molecule has 0 atom stereocenters. The third-order valence-electron chi connectivity index (χ3n) is 3.85. The number of carbonyl (C=O) groups excluding carboxylic acids is 3. The largest absolute Gasteiger partial charge is 0.464 e. The normalized spacial score (nSPS) is 13.0. The molecule has 0 bridgehead atoms. The van der Waals surface area contributed by atoms with Crippen LogP contribution >= 0.6 is 0 Å². The number of benzene rings is 1. The van der Waals surface area contributed by atoms with Gasteiger partial charge in [-0.1, -0.05) is 0 Å². The molecule has 7 heteroatoms. The molecule has 2 aromatic rings. The van der Waals surface area contributed by atoms with Gasteiger partial charge >= 0.3 is 5.97 Å². The van der Waals surface area contributed by atoms with E-state index in [2.05, 4.69) is 15.6 Å². The number of fused-ring (bicyclic) bond motifs is 1. The van der Waals surface area contributed by atoms with Gasteiger partial charge < -0.3 is 20.4 Å². The van der Waals surface area contributed by atoms with Crippen molar-refractivity contribution < 1.29 is 19.1 Å². The smallest absolute Gasteiger partial charge is 0.356 e. The number of rotatable bonds is 3. The first kappa shape index (κ1) is 15.8. The van der Waals surface area contributed by atoms with Gasteiger partial charge in [0.05, 0.1) is 12.8 Å². The molecule has 1 aromatic heterocycles. The first-order valence-electron chi connectivity index (χ1n) is 7.50. The maximum absolute atomic E-state index is 12.5. The van der Waals surface area contributed by atoms with Crippen LogP contribution in [0.2, 0.25) is 0 Å². The summed E-state index contributed by atoms with van der Waals surface area (Å²) < 4.78 is 4.70. The molecule has 1 aliphatic heterocycles. The van der Waals surface area contributed by atoms with Crippen LogP contribution in [0.4, 0.5) is 11.4 Å². The van der Waals surface area contributed by atoms with E-state index in [0.29, 0.717) is 24.1 Å². The van der Waals surface area contributed by atoms with Crippen molar-refractivity contribution in [2.75, 3.05) is 17.7 Å². The van der Waals surface area contributed by atoms with Crippen molar-refractivity contribution in [3.8, 4) is 0 Å². The quantitative estimate of drug-likeness (QED) is 0.753. The van der Waals surface area contributed by atoms with E-state index in [4.69, 9.17) is 4.74 Å². The molecule has 1 aliphatic rings. The van der Waals surface area contributed by atoms with E-state index in [1.807, 2.05) is 0 Å². The predicted octanol–water partition coefficient (Wildman–Crippen LogP) is 2.25. The van der Waals surface area contributed by atoms with Crippen LogP contribution in [-0.2, 0) is 16.0 Å². The minimum absolute atomic E-state index is 0.0229. The lowest BCUT2D eigenvalue weighted by Crippen LogP contribution is -2.20. The Balaban J connectivity index is 1.83. The zero-order valence-corrected chi connectivity index (χ0v) is 13.4. The molecule has 3 rings (SSSR count). The van der Waals surface area contributed by atoms with Crippen LogP contribution in [0, 0.1) is 6.92 Å². The number of carbonyl (C=O) groups is 3. The second-order valence-electron chi connectivity index (χ2n) is 5.61. The third kappa shape index (κ3) is 3.01. The Bertz CT molecular complexity index is 838. The molecule has 24 heavy (non-hydrogen) atoms. The average Bonchev–Trinajstić information content (AvgIpc) is 2.93. The molecule has 2 amide bonds. The van der Waals surface area contributed by atoms with Gasteiger partial charge in [0.15, 0.2) is 0 Å². The van der Waals surface area contributed by atoms with Crippen molar-refractivity contribution in [3.63, 3.8) is 0 Å². The van der Waals surface area contributed by atoms with E-state index in [0.717, 1.165) is 16.9 Å². The molecule has 1 aromatic carbocycles. The van der Waals surface area contributed by atoms with E-state index in [-0.39, 0.29) is 17.5 Å². The molecule has 0 fully saturated rings. The monoisotopic (exact) mass is 327 g/mol. The number of methoxy groups -OCH3 is 1. The molecule has 3 N–H and O–H groups in total. The molecule has 0 saturated heterocycles. The summed E-state index contributed by atoms with van der Waals surface area (Å²) in [7, 11) is 1.28. The second-order valence-corrected chi connectivity index (χ2v) is 5.61. The summed E-state index contributed by atoms with van der Waals surface area (Å²) in [5.41, 5.74) is 3.42. The Morgan fingerprint density at radius 1 is 1.21 bits per heavy atom. The van der Waals surface area contributed by atoms with Gasteiger partial charge in [-0.15, -0.1) is 0 Å². The van der Waals surface area contributed by atoms with Crippen LogP contribution in [0.25, 0.3) is 0 Å². The van der Waals surface area contributed by atoms with Gasteiger partial charge in [-0.05, 0) is 43.2 Å². The highest BCUT2D eigenvalue weighted by Crippen LogP contribution is 2.25. The number of H-pyrrole nitrogens is 1. The lowest BCUT2D eigenvalue weighted by Gasteiger charge is -2.17. The minimum Gasteiger partial charge on any atom is -0.464 e. The fourth-order valence-electron chi connectivity index (χ4n) is 2.67. The molecule has 0 saturated carbocycles. The molecule has 0 radical (unpaired) electrons.